The van der Waals surface area contributed by atoms with Crippen LogP contribution < -0.4 is 15.4 Å². The minimum absolute atomic E-state index is 0.370. The molecule has 1 aromatic rings. The van der Waals surface area contributed by atoms with Gasteiger partial charge in [-0.3, -0.25) is 0 Å². The highest BCUT2D eigenvalue weighted by Gasteiger charge is 2.19. The summed E-state index contributed by atoms with van der Waals surface area (Å²) in [5, 5.41) is 14.2. The van der Waals surface area contributed by atoms with Gasteiger partial charge in [0.25, 0.3) is 0 Å². The van der Waals surface area contributed by atoms with Crippen LogP contribution in [0.4, 0.5) is 10.5 Å². The Bertz CT molecular complexity index is 508. The van der Waals surface area contributed by atoms with Gasteiger partial charge in [-0.25, -0.2) is 9.59 Å². The normalized spacial score (nSPS) is 11.6. The van der Waals surface area contributed by atoms with E-state index in [1.165, 1.54) is 18.9 Å². The molecule has 0 fully saturated rings. The van der Waals surface area contributed by atoms with Crippen molar-refractivity contribution < 1.29 is 19.4 Å². The van der Waals surface area contributed by atoms with E-state index in [1.807, 2.05) is 19.2 Å². The Kier molecular flexibility index (Phi) is 6.87. The van der Waals surface area contributed by atoms with Crippen LogP contribution in [0, 0.1) is 6.92 Å². The number of amides is 2. The molecule has 116 valence electrons. The largest absolute Gasteiger partial charge is 0.495 e. The van der Waals surface area contributed by atoms with Crippen molar-refractivity contribution in [2.24, 2.45) is 0 Å². The second-order valence-corrected chi connectivity index (χ2v) is 5.46. The molecule has 0 radical (unpaired) electrons. The number of hydrogen-bond donors (Lipinski definition) is 3. The van der Waals surface area contributed by atoms with Gasteiger partial charge in [0.1, 0.15) is 11.8 Å². The van der Waals surface area contributed by atoms with Crippen molar-refractivity contribution in [1.29, 1.82) is 0 Å². The summed E-state index contributed by atoms with van der Waals surface area (Å²) >= 11 is 1.53. The Balaban J connectivity index is 2.71. The van der Waals surface area contributed by atoms with Crippen LogP contribution in [0.3, 0.4) is 0 Å². The van der Waals surface area contributed by atoms with E-state index in [1.54, 1.807) is 12.1 Å². The predicted molar refractivity (Wildman–Crippen MR) is 84.3 cm³/mol. The molecule has 0 aliphatic carbocycles. The van der Waals surface area contributed by atoms with Crippen molar-refractivity contribution in [3.8, 4) is 5.75 Å². The highest BCUT2D eigenvalue weighted by atomic mass is 32.2. The SMILES string of the molecule is COc1ccc(C)cc1NC(=O)N[C@@H](CCSC)C(=O)O. The summed E-state index contributed by atoms with van der Waals surface area (Å²) in [5.74, 6) is 0.132. The molecule has 0 aromatic heterocycles. The average molecular weight is 312 g/mol. The minimum Gasteiger partial charge on any atom is -0.495 e. The summed E-state index contributed by atoms with van der Waals surface area (Å²) < 4.78 is 5.16. The van der Waals surface area contributed by atoms with Crippen LogP contribution in [0.5, 0.6) is 5.75 Å². The Hall–Kier alpha value is -1.89. The summed E-state index contributed by atoms with van der Waals surface area (Å²) in [7, 11) is 1.51. The Morgan fingerprint density at radius 1 is 1.43 bits per heavy atom. The molecule has 6 nitrogen and oxygen atoms in total. The van der Waals surface area contributed by atoms with Gasteiger partial charge in [-0.05, 0) is 43.0 Å². The quantitative estimate of drug-likeness (QED) is 0.719. The first kappa shape index (κ1) is 17.2. The Morgan fingerprint density at radius 2 is 2.14 bits per heavy atom. The van der Waals surface area contributed by atoms with Gasteiger partial charge < -0.3 is 20.5 Å². The van der Waals surface area contributed by atoms with Crippen molar-refractivity contribution in [3.05, 3.63) is 23.8 Å². The van der Waals surface area contributed by atoms with Crippen molar-refractivity contribution in [3.63, 3.8) is 0 Å². The second kappa shape index (κ2) is 8.41. The molecule has 3 N–H and O–H groups in total. The van der Waals surface area contributed by atoms with E-state index in [-0.39, 0.29) is 0 Å². The molecule has 1 rings (SSSR count). The molecule has 0 heterocycles. The van der Waals surface area contributed by atoms with E-state index in [0.29, 0.717) is 23.6 Å². The third kappa shape index (κ3) is 5.55. The fourth-order valence-corrected chi connectivity index (χ4v) is 2.20. The highest BCUT2D eigenvalue weighted by molar-refractivity contribution is 7.98. The second-order valence-electron chi connectivity index (χ2n) is 4.47. The van der Waals surface area contributed by atoms with Gasteiger partial charge >= 0.3 is 12.0 Å². The molecular weight excluding hydrogens is 292 g/mol. The van der Waals surface area contributed by atoms with Gasteiger partial charge in [-0.2, -0.15) is 11.8 Å². The lowest BCUT2D eigenvalue weighted by Gasteiger charge is -2.16. The maximum Gasteiger partial charge on any atom is 0.326 e. The molecular formula is C14H20N2O4S. The number of carboxylic acid groups (broad SMARTS) is 1. The molecule has 1 aromatic carbocycles. The topological polar surface area (TPSA) is 87.7 Å². The fourth-order valence-electron chi connectivity index (χ4n) is 1.73. The zero-order valence-corrected chi connectivity index (χ0v) is 13.1. The van der Waals surface area contributed by atoms with Crippen molar-refractivity contribution >= 4 is 29.4 Å². The lowest BCUT2D eigenvalue weighted by atomic mass is 10.2. The number of rotatable bonds is 7. The van der Waals surface area contributed by atoms with Crippen LogP contribution >= 0.6 is 11.8 Å². The number of carbonyl (C=O) groups excluding carboxylic acids is 1. The third-order valence-corrected chi connectivity index (χ3v) is 3.46. The van der Waals surface area contributed by atoms with Crippen LogP contribution in [0.15, 0.2) is 18.2 Å². The van der Waals surface area contributed by atoms with Crippen molar-refractivity contribution in [1.82, 2.24) is 5.32 Å². The Labute approximate surface area is 128 Å². The smallest absolute Gasteiger partial charge is 0.326 e. The van der Waals surface area contributed by atoms with E-state index >= 15 is 0 Å². The molecule has 0 spiro atoms. The minimum atomic E-state index is -1.05. The van der Waals surface area contributed by atoms with E-state index in [0.717, 1.165) is 5.56 Å². The van der Waals surface area contributed by atoms with Gasteiger partial charge in [-0.15, -0.1) is 0 Å². The number of hydrogen-bond acceptors (Lipinski definition) is 4. The fraction of sp³-hybridized carbons (Fsp3) is 0.429. The number of anilines is 1. The number of ether oxygens (including phenoxy) is 1. The molecule has 21 heavy (non-hydrogen) atoms. The van der Waals surface area contributed by atoms with Crippen LogP contribution in [-0.2, 0) is 4.79 Å². The summed E-state index contributed by atoms with van der Waals surface area (Å²) in [4.78, 5) is 23.0. The van der Waals surface area contributed by atoms with Gasteiger partial charge in [0.05, 0.1) is 12.8 Å². The van der Waals surface area contributed by atoms with Crippen LogP contribution in [-0.4, -0.2) is 42.3 Å². The van der Waals surface area contributed by atoms with Crippen molar-refractivity contribution in [2.75, 3.05) is 24.4 Å². The first-order chi connectivity index (χ1) is 9.97. The third-order valence-electron chi connectivity index (χ3n) is 2.82. The number of nitrogens with one attached hydrogen (secondary N) is 2. The molecule has 0 saturated heterocycles. The molecule has 0 aliphatic heterocycles. The van der Waals surface area contributed by atoms with Gasteiger partial charge in [-0.1, -0.05) is 6.07 Å². The number of carbonyl (C=O) groups is 2. The van der Waals surface area contributed by atoms with Gasteiger partial charge in [0, 0.05) is 0 Å². The molecule has 7 heteroatoms. The number of benzene rings is 1. The molecule has 0 unspecified atom stereocenters. The molecule has 0 saturated carbocycles. The number of urea groups is 1. The van der Waals surface area contributed by atoms with Crippen LogP contribution in [0.2, 0.25) is 0 Å². The highest BCUT2D eigenvalue weighted by Crippen LogP contribution is 2.25. The predicted octanol–water partition coefficient (Wildman–Crippen LogP) is 2.33. The average Bonchev–Trinajstić information content (AvgIpc) is 2.43. The van der Waals surface area contributed by atoms with E-state index < -0.39 is 18.0 Å². The van der Waals surface area contributed by atoms with Gasteiger partial charge in [0.15, 0.2) is 0 Å². The number of thioether (sulfide) groups is 1. The lowest BCUT2D eigenvalue weighted by Crippen LogP contribution is -2.43. The number of aliphatic carboxylic acids is 1. The summed E-state index contributed by atoms with van der Waals surface area (Å²) in [6.07, 6.45) is 2.26. The van der Waals surface area contributed by atoms with Crippen LogP contribution in [0.25, 0.3) is 0 Å². The first-order valence-electron chi connectivity index (χ1n) is 6.41. The van der Waals surface area contributed by atoms with E-state index in [9.17, 15) is 9.59 Å². The van der Waals surface area contributed by atoms with Gasteiger partial charge in [0.2, 0.25) is 0 Å². The standard InChI is InChI=1S/C14H20N2O4S/c1-9-4-5-12(20-2)11(8-9)16-14(19)15-10(13(17)18)6-7-21-3/h4-5,8,10H,6-7H2,1-3H3,(H,17,18)(H2,15,16,19)/t10-/m0/s1. The molecule has 2 amide bonds. The first-order valence-corrected chi connectivity index (χ1v) is 7.81. The maximum absolute atomic E-state index is 11.9. The monoisotopic (exact) mass is 312 g/mol. The zero-order valence-electron chi connectivity index (χ0n) is 12.3. The number of carboxylic acids is 1. The molecule has 0 aliphatic rings. The Morgan fingerprint density at radius 3 is 2.71 bits per heavy atom. The van der Waals surface area contributed by atoms with E-state index in [2.05, 4.69) is 10.6 Å². The number of aryl methyl sites for hydroxylation is 1. The lowest BCUT2D eigenvalue weighted by molar-refractivity contribution is -0.139. The van der Waals surface area contributed by atoms with Crippen molar-refractivity contribution in [2.45, 2.75) is 19.4 Å². The maximum atomic E-state index is 11.9. The number of methoxy groups -OCH3 is 1. The summed E-state index contributed by atoms with van der Waals surface area (Å²) in [6.45, 7) is 1.89. The summed E-state index contributed by atoms with van der Waals surface area (Å²) in [6, 6.07) is 3.89. The zero-order chi connectivity index (χ0) is 15.8. The summed E-state index contributed by atoms with van der Waals surface area (Å²) in [5.41, 5.74) is 1.47. The van der Waals surface area contributed by atoms with E-state index in [4.69, 9.17) is 9.84 Å². The van der Waals surface area contributed by atoms with Crippen LogP contribution in [0.1, 0.15) is 12.0 Å². The molecule has 1 atom stereocenters. The molecule has 0 bridgehead atoms.